The van der Waals surface area contributed by atoms with Crippen LogP contribution in [0.3, 0.4) is 0 Å². The molecule has 1 aliphatic heterocycles. The van der Waals surface area contributed by atoms with E-state index in [1.165, 1.54) is 11.3 Å². The van der Waals surface area contributed by atoms with Crippen LogP contribution in [0.1, 0.15) is 46.1 Å². The van der Waals surface area contributed by atoms with Crippen molar-refractivity contribution in [2.75, 3.05) is 25.0 Å². The maximum atomic E-state index is 12.4. The smallest absolute Gasteiger partial charge is 0.227 e. The van der Waals surface area contributed by atoms with Crippen molar-refractivity contribution in [1.29, 1.82) is 0 Å². The van der Waals surface area contributed by atoms with Crippen LogP contribution < -0.4 is 4.90 Å². The Kier molecular flexibility index (Phi) is 5.15. The monoisotopic (exact) mass is 302 g/mol. The quantitative estimate of drug-likeness (QED) is 0.849. The summed E-state index contributed by atoms with van der Waals surface area (Å²) in [4.78, 5) is 16.8. The van der Waals surface area contributed by atoms with Gasteiger partial charge in [-0.2, -0.15) is 0 Å². The second-order valence-electron chi connectivity index (χ2n) is 7.40. The van der Waals surface area contributed by atoms with E-state index in [1.54, 1.807) is 0 Å². The van der Waals surface area contributed by atoms with Gasteiger partial charge in [-0.05, 0) is 37.0 Å². The number of rotatable bonds is 3. The minimum atomic E-state index is -0.290. The zero-order valence-electron chi connectivity index (χ0n) is 14.7. The van der Waals surface area contributed by atoms with Crippen molar-refractivity contribution in [3.63, 3.8) is 0 Å². The van der Waals surface area contributed by atoms with E-state index in [2.05, 4.69) is 36.1 Å². The van der Waals surface area contributed by atoms with Crippen LogP contribution in [-0.2, 0) is 11.2 Å². The van der Waals surface area contributed by atoms with Crippen molar-refractivity contribution in [3.8, 4) is 0 Å². The summed E-state index contributed by atoms with van der Waals surface area (Å²) in [5, 5.41) is 0. The third-order valence-corrected chi connectivity index (χ3v) is 4.68. The number of carbonyl (C=O) groups is 1. The summed E-state index contributed by atoms with van der Waals surface area (Å²) in [5.74, 6) is 0.248. The van der Waals surface area contributed by atoms with Gasteiger partial charge in [-0.25, -0.2) is 0 Å². The van der Waals surface area contributed by atoms with E-state index >= 15 is 0 Å². The highest BCUT2D eigenvalue weighted by Gasteiger charge is 2.31. The van der Waals surface area contributed by atoms with Gasteiger partial charge < -0.3 is 9.80 Å². The molecule has 1 heterocycles. The summed E-state index contributed by atoms with van der Waals surface area (Å²) in [7, 11) is 1.96. The maximum absolute atomic E-state index is 12.4. The van der Waals surface area contributed by atoms with E-state index in [-0.39, 0.29) is 11.3 Å². The maximum Gasteiger partial charge on any atom is 0.227 e. The molecule has 122 valence electrons. The first-order valence-corrected chi connectivity index (χ1v) is 8.44. The summed E-state index contributed by atoms with van der Waals surface area (Å²) in [5.41, 5.74) is 2.40. The van der Waals surface area contributed by atoms with Crippen LogP contribution in [-0.4, -0.2) is 37.0 Å². The lowest BCUT2D eigenvalue weighted by Gasteiger charge is -2.39. The van der Waals surface area contributed by atoms with Gasteiger partial charge in [0.05, 0.1) is 0 Å². The molecule has 1 saturated heterocycles. The van der Waals surface area contributed by atoms with Crippen LogP contribution in [0.25, 0.3) is 0 Å². The highest BCUT2D eigenvalue weighted by molar-refractivity contribution is 5.81. The minimum Gasteiger partial charge on any atom is -0.371 e. The molecule has 0 bridgehead atoms. The molecule has 2 rings (SSSR count). The molecule has 0 aliphatic carbocycles. The molecule has 0 unspecified atom stereocenters. The van der Waals surface area contributed by atoms with Crippen molar-refractivity contribution in [2.24, 2.45) is 5.41 Å². The molecule has 3 nitrogen and oxygen atoms in total. The van der Waals surface area contributed by atoms with Gasteiger partial charge in [0.25, 0.3) is 0 Å². The predicted octanol–water partition coefficient (Wildman–Crippen LogP) is 3.72. The Bertz CT molecular complexity index is 493. The summed E-state index contributed by atoms with van der Waals surface area (Å²) < 4.78 is 0. The van der Waals surface area contributed by atoms with Crippen molar-refractivity contribution < 1.29 is 4.79 Å². The van der Waals surface area contributed by atoms with E-state index in [0.717, 1.165) is 32.4 Å². The molecule has 1 aromatic rings. The average Bonchev–Trinajstić information content (AvgIpc) is 2.53. The van der Waals surface area contributed by atoms with Gasteiger partial charge >= 0.3 is 0 Å². The molecule has 1 aliphatic rings. The number of hydrogen-bond acceptors (Lipinski definition) is 2. The van der Waals surface area contributed by atoms with E-state index in [4.69, 9.17) is 0 Å². The molecule has 0 spiro atoms. The topological polar surface area (TPSA) is 23.6 Å². The lowest BCUT2D eigenvalue weighted by Crippen LogP contribution is -2.48. The standard InChI is InChI=1S/C19H30N2O/c1-6-15-7-9-17(10-8-15)21-13-11-16(12-14-21)20(5)18(22)19(2,3)4/h7-10,16H,6,11-14H2,1-5H3. The second kappa shape index (κ2) is 6.72. The largest absolute Gasteiger partial charge is 0.371 e. The van der Waals surface area contributed by atoms with E-state index in [1.807, 2.05) is 32.7 Å². The summed E-state index contributed by atoms with van der Waals surface area (Å²) >= 11 is 0. The van der Waals surface area contributed by atoms with Gasteiger partial charge in [0.1, 0.15) is 0 Å². The molecule has 0 aromatic heterocycles. The number of anilines is 1. The Morgan fingerprint density at radius 3 is 2.18 bits per heavy atom. The van der Waals surface area contributed by atoms with Crippen LogP contribution in [0, 0.1) is 5.41 Å². The lowest BCUT2D eigenvalue weighted by atomic mass is 9.92. The van der Waals surface area contributed by atoms with Crippen LogP contribution >= 0.6 is 0 Å². The van der Waals surface area contributed by atoms with Crippen LogP contribution in [0.15, 0.2) is 24.3 Å². The van der Waals surface area contributed by atoms with Crippen molar-refractivity contribution in [3.05, 3.63) is 29.8 Å². The second-order valence-corrected chi connectivity index (χ2v) is 7.40. The van der Waals surface area contributed by atoms with E-state index in [0.29, 0.717) is 6.04 Å². The van der Waals surface area contributed by atoms with Gasteiger partial charge in [-0.1, -0.05) is 39.8 Å². The molecule has 0 saturated carbocycles. The Labute approximate surface area is 135 Å². The van der Waals surface area contributed by atoms with Gasteiger partial charge in [0.2, 0.25) is 5.91 Å². The highest BCUT2D eigenvalue weighted by Crippen LogP contribution is 2.25. The first-order valence-electron chi connectivity index (χ1n) is 8.44. The number of amides is 1. The summed E-state index contributed by atoms with van der Waals surface area (Å²) in [6.07, 6.45) is 3.18. The lowest BCUT2D eigenvalue weighted by molar-refractivity contribution is -0.140. The number of piperidine rings is 1. The Balaban J connectivity index is 1.93. The molecule has 1 aromatic carbocycles. The zero-order valence-corrected chi connectivity index (χ0v) is 14.7. The third-order valence-electron chi connectivity index (χ3n) is 4.68. The molecule has 3 heteroatoms. The Morgan fingerprint density at radius 1 is 1.18 bits per heavy atom. The molecule has 0 radical (unpaired) electrons. The summed E-state index contributed by atoms with van der Waals surface area (Å²) in [6.45, 7) is 10.2. The molecular weight excluding hydrogens is 272 g/mol. The average molecular weight is 302 g/mol. The molecule has 0 N–H and O–H groups in total. The Morgan fingerprint density at radius 2 is 1.73 bits per heavy atom. The number of carbonyl (C=O) groups excluding carboxylic acids is 1. The van der Waals surface area contributed by atoms with Crippen LogP contribution in [0.5, 0.6) is 0 Å². The van der Waals surface area contributed by atoms with Gasteiger partial charge in [0.15, 0.2) is 0 Å². The Hall–Kier alpha value is -1.51. The highest BCUT2D eigenvalue weighted by atomic mass is 16.2. The van der Waals surface area contributed by atoms with Gasteiger partial charge in [-0.3, -0.25) is 4.79 Å². The fraction of sp³-hybridized carbons (Fsp3) is 0.632. The van der Waals surface area contributed by atoms with Gasteiger partial charge in [0, 0.05) is 37.3 Å². The first kappa shape index (κ1) is 16.9. The van der Waals surface area contributed by atoms with Crippen molar-refractivity contribution >= 4 is 11.6 Å². The van der Waals surface area contributed by atoms with Crippen LogP contribution in [0.4, 0.5) is 5.69 Å². The molecular formula is C19H30N2O. The number of benzene rings is 1. The summed E-state index contributed by atoms with van der Waals surface area (Å²) in [6, 6.07) is 9.26. The molecule has 1 amide bonds. The minimum absolute atomic E-state index is 0.248. The molecule has 1 fully saturated rings. The van der Waals surface area contributed by atoms with Crippen molar-refractivity contribution in [1.82, 2.24) is 4.90 Å². The van der Waals surface area contributed by atoms with Gasteiger partial charge in [-0.15, -0.1) is 0 Å². The fourth-order valence-corrected chi connectivity index (χ4v) is 3.15. The van der Waals surface area contributed by atoms with E-state index < -0.39 is 0 Å². The number of hydrogen-bond donors (Lipinski definition) is 0. The van der Waals surface area contributed by atoms with Crippen molar-refractivity contribution in [2.45, 2.75) is 53.0 Å². The predicted molar refractivity (Wildman–Crippen MR) is 93.3 cm³/mol. The fourth-order valence-electron chi connectivity index (χ4n) is 3.15. The third kappa shape index (κ3) is 3.82. The van der Waals surface area contributed by atoms with E-state index in [9.17, 15) is 4.79 Å². The molecule has 22 heavy (non-hydrogen) atoms. The molecule has 0 atom stereocenters. The normalized spacial score (nSPS) is 16.7. The first-order chi connectivity index (χ1) is 10.3. The van der Waals surface area contributed by atoms with Crippen LogP contribution in [0.2, 0.25) is 0 Å². The number of aryl methyl sites for hydroxylation is 1. The zero-order chi connectivity index (χ0) is 16.3. The SMILES string of the molecule is CCc1ccc(N2CCC(N(C)C(=O)C(C)(C)C)CC2)cc1. The number of nitrogens with zero attached hydrogens (tertiary/aromatic N) is 2.